The lowest BCUT2D eigenvalue weighted by Crippen LogP contribution is -2.15. The summed E-state index contributed by atoms with van der Waals surface area (Å²) in [5.74, 6) is 0. The average molecular weight is 274 g/mol. The number of para-hydroxylation sites is 2. The summed E-state index contributed by atoms with van der Waals surface area (Å²) in [5, 5.41) is 8.87. The number of nitrogens with zero attached hydrogens (tertiary/aromatic N) is 2. The molecule has 0 radical (unpaired) electrons. The Bertz CT molecular complexity index is 750. The molecule has 0 amide bonds. The van der Waals surface area contributed by atoms with E-state index in [2.05, 4.69) is 9.71 Å². The minimum atomic E-state index is -3.89. The molecule has 0 aliphatic carbocycles. The number of rotatable bonds is 3. The van der Waals surface area contributed by atoms with E-state index in [-0.39, 0.29) is 16.3 Å². The number of aromatic nitrogens is 1. The summed E-state index contributed by atoms with van der Waals surface area (Å²) in [6.45, 7) is 0. The Kier molecular flexibility index (Phi) is 3.35. The summed E-state index contributed by atoms with van der Waals surface area (Å²) in [5.41, 5.74) is 6.07. The van der Waals surface area contributed by atoms with Gasteiger partial charge in [0.05, 0.1) is 11.4 Å². The Morgan fingerprint density at radius 1 is 1.21 bits per heavy atom. The second-order valence-corrected chi connectivity index (χ2v) is 5.31. The van der Waals surface area contributed by atoms with Gasteiger partial charge in [-0.25, -0.2) is 13.4 Å². The van der Waals surface area contributed by atoms with Crippen molar-refractivity contribution in [2.75, 3.05) is 10.5 Å². The molecule has 2 rings (SSSR count). The van der Waals surface area contributed by atoms with Crippen molar-refractivity contribution in [2.45, 2.75) is 4.90 Å². The Hall–Kier alpha value is -2.59. The molecule has 6 nitrogen and oxygen atoms in total. The van der Waals surface area contributed by atoms with E-state index in [4.69, 9.17) is 11.0 Å². The first kappa shape index (κ1) is 12.9. The summed E-state index contributed by atoms with van der Waals surface area (Å²) < 4.78 is 26.7. The maximum atomic E-state index is 12.2. The molecule has 1 heterocycles. The highest BCUT2D eigenvalue weighted by Gasteiger charge is 2.19. The van der Waals surface area contributed by atoms with Gasteiger partial charge in [-0.15, -0.1) is 0 Å². The first-order chi connectivity index (χ1) is 9.04. The van der Waals surface area contributed by atoms with Crippen molar-refractivity contribution in [1.29, 1.82) is 5.26 Å². The van der Waals surface area contributed by atoms with Gasteiger partial charge in [-0.05, 0) is 24.3 Å². The van der Waals surface area contributed by atoms with Gasteiger partial charge in [0.1, 0.15) is 11.0 Å². The van der Waals surface area contributed by atoms with Crippen LogP contribution < -0.4 is 10.5 Å². The van der Waals surface area contributed by atoms with Crippen molar-refractivity contribution in [3.63, 3.8) is 0 Å². The number of hydrogen-bond acceptors (Lipinski definition) is 5. The van der Waals surface area contributed by atoms with E-state index >= 15 is 0 Å². The molecule has 0 unspecified atom stereocenters. The van der Waals surface area contributed by atoms with Gasteiger partial charge in [-0.3, -0.25) is 4.72 Å². The third kappa shape index (κ3) is 2.64. The number of benzene rings is 1. The molecule has 0 fully saturated rings. The second kappa shape index (κ2) is 4.96. The largest absolute Gasteiger partial charge is 0.397 e. The molecule has 1 aromatic heterocycles. The third-order valence-corrected chi connectivity index (χ3v) is 3.77. The summed E-state index contributed by atoms with van der Waals surface area (Å²) in [6.07, 6.45) is 1.36. The van der Waals surface area contributed by atoms with Crippen molar-refractivity contribution >= 4 is 21.4 Å². The average Bonchev–Trinajstić information content (AvgIpc) is 2.41. The summed E-state index contributed by atoms with van der Waals surface area (Å²) in [7, 11) is -3.89. The maximum Gasteiger partial charge on any atom is 0.264 e. The molecular weight excluding hydrogens is 264 g/mol. The van der Waals surface area contributed by atoms with Crippen molar-refractivity contribution in [3.8, 4) is 6.07 Å². The Balaban J connectivity index is 2.45. The standard InChI is InChI=1S/C12H10N4O2S/c13-8-11-12(6-3-7-15-11)19(17,18)16-10-5-2-1-4-9(10)14/h1-7,16H,14H2. The van der Waals surface area contributed by atoms with E-state index in [0.29, 0.717) is 5.69 Å². The van der Waals surface area contributed by atoms with Crippen LogP contribution in [0.3, 0.4) is 0 Å². The minimum Gasteiger partial charge on any atom is -0.397 e. The normalized spacial score (nSPS) is 10.7. The number of pyridine rings is 1. The number of nitrogens with two attached hydrogens (primary N) is 1. The third-order valence-electron chi connectivity index (χ3n) is 2.37. The molecule has 7 heteroatoms. The number of nitrogens with one attached hydrogen (secondary N) is 1. The quantitative estimate of drug-likeness (QED) is 0.821. The second-order valence-electron chi connectivity index (χ2n) is 3.65. The molecule has 96 valence electrons. The molecule has 0 aliphatic rings. The zero-order chi connectivity index (χ0) is 13.9. The van der Waals surface area contributed by atoms with E-state index in [1.165, 1.54) is 24.4 Å². The molecule has 19 heavy (non-hydrogen) atoms. The lowest BCUT2D eigenvalue weighted by atomic mass is 10.3. The van der Waals surface area contributed by atoms with Gasteiger partial charge in [0.15, 0.2) is 5.69 Å². The van der Waals surface area contributed by atoms with Crippen LogP contribution >= 0.6 is 0 Å². The van der Waals surface area contributed by atoms with Gasteiger partial charge < -0.3 is 5.73 Å². The van der Waals surface area contributed by atoms with Crippen LogP contribution in [0.5, 0.6) is 0 Å². The van der Waals surface area contributed by atoms with Gasteiger partial charge in [-0.2, -0.15) is 5.26 Å². The van der Waals surface area contributed by atoms with E-state index in [9.17, 15) is 8.42 Å². The number of hydrogen-bond donors (Lipinski definition) is 2. The highest BCUT2D eigenvalue weighted by molar-refractivity contribution is 7.92. The topological polar surface area (TPSA) is 109 Å². The molecule has 0 aliphatic heterocycles. The molecule has 2 aromatic rings. The Labute approximate surface area is 110 Å². The van der Waals surface area contributed by atoms with E-state index in [1.807, 2.05) is 0 Å². The molecule has 0 atom stereocenters. The number of sulfonamides is 1. The van der Waals surface area contributed by atoms with Crippen molar-refractivity contribution in [1.82, 2.24) is 4.98 Å². The molecular formula is C12H10N4O2S. The summed E-state index contributed by atoms with van der Waals surface area (Å²) >= 11 is 0. The van der Waals surface area contributed by atoms with Crippen LogP contribution in [0.25, 0.3) is 0 Å². The predicted octanol–water partition coefficient (Wildman–Crippen LogP) is 1.34. The fourth-order valence-electron chi connectivity index (χ4n) is 1.48. The molecule has 3 N–H and O–H groups in total. The lowest BCUT2D eigenvalue weighted by Gasteiger charge is -2.10. The van der Waals surface area contributed by atoms with Gasteiger partial charge >= 0.3 is 0 Å². The number of anilines is 2. The van der Waals surface area contributed by atoms with Crippen molar-refractivity contribution < 1.29 is 8.42 Å². The lowest BCUT2D eigenvalue weighted by molar-refractivity contribution is 0.600. The maximum absolute atomic E-state index is 12.2. The zero-order valence-electron chi connectivity index (χ0n) is 9.74. The number of nitriles is 1. The van der Waals surface area contributed by atoms with Crippen LogP contribution in [-0.4, -0.2) is 13.4 Å². The van der Waals surface area contributed by atoms with E-state index < -0.39 is 10.0 Å². The molecule has 0 spiro atoms. The van der Waals surface area contributed by atoms with Crippen molar-refractivity contribution in [3.05, 3.63) is 48.3 Å². The van der Waals surface area contributed by atoms with E-state index in [0.717, 1.165) is 0 Å². The Morgan fingerprint density at radius 3 is 2.63 bits per heavy atom. The smallest absolute Gasteiger partial charge is 0.264 e. The van der Waals surface area contributed by atoms with Crippen LogP contribution in [0, 0.1) is 11.3 Å². The zero-order valence-corrected chi connectivity index (χ0v) is 10.6. The SMILES string of the molecule is N#Cc1ncccc1S(=O)(=O)Nc1ccccc1N. The highest BCUT2D eigenvalue weighted by Crippen LogP contribution is 2.22. The van der Waals surface area contributed by atoms with Gasteiger partial charge in [0.25, 0.3) is 10.0 Å². The molecule has 0 bridgehead atoms. The Morgan fingerprint density at radius 2 is 1.95 bits per heavy atom. The van der Waals surface area contributed by atoms with Gasteiger partial charge in [0, 0.05) is 6.20 Å². The van der Waals surface area contributed by atoms with Gasteiger partial charge in [-0.1, -0.05) is 12.1 Å². The summed E-state index contributed by atoms with van der Waals surface area (Å²) in [4.78, 5) is 3.54. The fraction of sp³-hybridized carbons (Fsp3) is 0. The monoisotopic (exact) mass is 274 g/mol. The first-order valence-electron chi connectivity index (χ1n) is 5.27. The van der Waals surface area contributed by atoms with Crippen LogP contribution in [0.15, 0.2) is 47.5 Å². The van der Waals surface area contributed by atoms with Crippen LogP contribution in [0.1, 0.15) is 5.69 Å². The molecule has 0 saturated carbocycles. The highest BCUT2D eigenvalue weighted by atomic mass is 32.2. The summed E-state index contributed by atoms with van der Waals surface area (Å²) in [6, 6.07) is 11.0. The molecule has 0 saturated heterocycles. The first-order valence-corrected chi connectivity index (χ1v) is 6.75. The van der Waals surface area contributed by atoms with Crippen LogP contribution in [0.2, 0.25) is 0 Å². The predicted molar refractivity (Wildman–Crippen MR) is 70.6 cm³/mol. The fourth-order valence-corrected chi connectivity index (χ4v) is 2.68. The van der Waals surface area contributed by atoms with Crippen LogP contribution in [-0.2, 0) is 10.0 Å². The van der Waals surface area contributed by atoms with Crippen LogP contribution in [0.4, 0.5) is 11.4 Å². The van der Waals surface area contributed by atoms with E-state index in [1.54, 1.807) is 24.3 Å². The number of nitrogen functional groups attached to an aromatic ring is 1. The minimum absolute atomic E-state index is 0.162. The van der Waals surface area contributed by atoms with Gasteiger partial charge in [0.2, 0.25) is 0 Å². The van der Waals surface area contributed by atoms with Crippen molar-refractivity contribution in [2.24, 2.45) is 0 Å². The molecule has 1 aromatic carbocycles.